The molecule has 0 unspecified atom stereocenters. The Kier molecular flexibility index (Phi) is 5.17. The highest BCUT2D eigenvalue weighted by atomic mass is 16.3. The molecule has 0 bridgehead atoms. The van der Waals surface area contributed by atoms with E-state index >= 15 is 0 Å². The zero-order valence-electron chi connectivity index (χ0n) is 41.6. The lowest BCUT2D eigenvalue weighted by Gasteiger charge is -2.28. The van der Waals surface area contributed by atoms with Gasteiger partial charge in [0.25, 0.3) is 0 Å². The van der Waals surface area contributed by atoms with Crippen LogP contribution in [0.5, 0.6) is 0 Å². The Morgan fingerprint density at radius 1 is 0.389 bits per heavy atom. The molecule has 10 rings (SSSR count). The Labute approximate surface area is 333 Å². The number of fused-ring (bicyclic) bond motifs is 5. The van der Waals surface area contributed by atoms with Gasteiger partial charge in [-0.3, -0.25) is 0 Å². The first kappa shape index (κ1) is 20.8. The van der Waals surface area contributed by atoms with Gasteiger partial charge >= 0.3 is 0 Å². The van der Waals surface area contributed by atoms with Crippen LogP contribution in [0.1, 0.15) is 17.8 Å². The quantitative estimate of drug-likeness (QED) is 0.164. The molecule has 0 aliphatic carbocycles. The van der Waals surface area contributed by atoms with Crippen molar-refractivity contribution in [2.45, 2.75) is 0 Å². The molecule has 0 fully saturated rings. The molecule has 0 saturated heterocycles. The Morgan fingerprint density at radius 2 is 0.963 bits per heavy atom. The van der Waals surface area contributed by atoms with Crippen molar-refractivity contribution in [1.82, 2.24) is 0 Å². The summed E-state index contributed by atoms with van der Waals surface area (Å²) in [4.78, 5) is 1.20. The SMILES string of the molecule is [2H]c1c([2H])c([2H])c(-c2c([2H])c([2H])c(N(c3ccccc3-c3ccc4oc5c6ccccc6ccc5c4c3)c3c([2H])c([2H])c(-c4ccc(-c5ccccc5)cc4)c([2H])c3[2H])c([2H])c2[2H])c([2H])c1[2H]. The third kappa shape index (κ3) is 5.71. The molecule has 0 amide bonds. The van der Waals surface area contributed by atoms with Crippen LogP contribution in [0.2, 0.25) is 0 Å². The summed E-state index contributed by atoms with van der Waals surface area (Å²) in [5.41, 5.74) is 2.91. The zero-order chi connectivity index (χ0) is 47.2. The topological polar surface area (TPSA) is 16.4 Å². The maximum absolute atomic E-state index is 9.63. The van der Waals surface area contributed by atoms with E-state index in [1.807, 2.05) is 97.1 Å². The van der Waals surface area contributed by atoms with E-state index in [1.165, 1.54) is 4.90 Å². The first-order chi connectivity index (χ1) is 32.2. The van der Waals surface area contributed by atoms with Crippen molar-refractivity contribution in [1.29, 1.82) is 0 Å². The van der Waals surface area contributed by atoms with E-state index in [9.17, 15) is 11.0 Å². The molecule has 0 atom stereocenters. The minimum absolute atomic E-state index is 0.00694. The smallest absolute Gasteiger partial charge is 0.143 e. The number of furan rings is 1. The molecule has 1 heterocycles. The van der Waals surface area contributed by atoms with Crippen molar-refractivity contribution in [3.63, 3.8) is 0 Å². The first-order valence-electron chi connectivity index (χ1n) is 23.9. The molecule has 0 aliphatic heterocycles. The van der Waals surface area contributed by atoms with Crippen LogP contribution >= 0.6 is 0 Å². The predicted octanol–water partition coefficient (Wildman–Crippen LogP) is 14.9. The van der Waals surface area contributed by atoms with Gasteiger partial charge in [-0.2, -0.15) is 0 Å². The number of nitrogens with zero attached hydrogens (tertiary/aromatic N) is 1. The van der Waals surface area contributed by atoms with E-state index < -0.39 is 95.4 Å². The minimum atomic E-state index is -0.749. The molecular formula is C52H35NO. The van der Waals surface area contributed by atoms with E-state index in [0.29, 0.717) is 27.9 Å². The van der Waals surface area contributed by atoms with Crippen molar-refractivity contribution < 1.29 is 22.2 Å². The summed E-state index contributed by atoms with van der Waals surface area (Å²) in [7, 11) is 0. The van der Waals surface area contributed by atoms with Crippen molar-refractivity contribution in [2.75, 3.05) is 4.90 Å². The summed E-state index contributed by atoms with van der Waals surface area (Å²) < 4.78 is 124. The minimum Gasteiger partial charge on any atom is -0.455 e. The lowest BCUT2D eigenvalue weighted by atomic mass is 9.98. The number of hydrogen-bond acceptors (Lipinski definition) is 2. The van der Waals surface area contributed by atoms with Crippen molar-refractivity contribution >= 4 is 49.8 Å². The fraction of sp³-hybridized carbons (Fsp3) is 0. The third-order valence-corrected chi connectivity index (χ3v) is 9.52. The monoisotopic (exact) mass is 702 g/mol. The average Bonchev–Trinajstić information content (AvgIpc) is 3.74. The summed E-state index contributed by atoms with van der Waals surface area (Å²) in [6.45, 7) is 0. The fourth-order valence-electron chi connectivity index (χ4n) is 6.88. The number of para-hydroxylation sites is 1. The Hall–Kier alpha value is -7.16. The Bertz CT molecular complexity index is 3600. The van der Waals surface area contributed by atoms with Crippen molar-refractivity contribution in [2.24, 2.45) is 0 Å². The van der Waals surface area contributed by atoms with Crippen LogP contribution in [0.3, 0.4) is 0 Å². The van der Waals surface area contributed by atoms with E-state index in [-0.39, 0.29) is 16.9 Å². The van der Waals surface area contributed by atoms with Crippen LogP contribution in [0.15, 0.2) is 216 Å². The van der Waals surface area contributed by atoms with Gasteiger partial charge in [-0.05, 0) is 92.8 Å². The molecular weight excluding hydrogens is 655 g/mol. The molecule has 0 N–H and O–H groups in total. The van der Waals surface area contributed by atoms with Gasteiger partial charge in [0.05, 0.1) is 23.5 Å². The predicted molar refractivity (Wildman–Crippen MR) is 228 cm³/mol. The van der Waals surface area contributed by atoms with Gasteiger partial charge in [0.1, 0.15) is 11.2 Å². The van der Waals surface area contributed by atoms with Crippen molar-refractivity contribution in [3.05, 3.63) is 212 Å². The number of rotatable bonds is 7. The van der Waals surface area contributed by atoms with Crippen LogP contribution in [-0.2, 0) is 0 Å². The normalized spacial score (nSPS) is 14.7. The molecule has 10 aromatic rings. The van der Waals surface area contributed by atoms with Crippen LogP contribution in [0.25, 0.3) is 77.2 Å². The molecule has 0 saturated carbocycles. The van der Waals surface area contributed by atoms with E-state index in [2.05, 4.69) is 0 Å². The van der Waals surface area contributed by atoms with Gasteiger partial charge < -0.3 is 9.32 Å². The van der Waals surface area contributed by atoms with Gasteiger partial charge in [0, 0.05) is 33.1 Å². The average molecular weight is 703 g/mol. The molecule has 9 aromatic carbocycles. The summed E-state index contributed by atoms with van der Waals surface area (Å²) >= 11 is 0. The Balaban J connectivity index is 1.23. The standard InChI is InChI=1S/C52H35NO/c1-3-11-36(12-4-1)38-19-21-39(22-20-38)41-25-31-45(32-26-41)53(44-29-23-40(24-30-44)37-13-5-2-6-14-37)50-18-10-9-16-46(50)43-28-34-51-49(35-43)48-33-27-42-15-7-8-17-47(42)52(48)54-51/h1-35H/i2D,5D,6D,13D,14D,23D,24D,25D,26D,29D,30D,31D,32D. The van der Waals surface area contributed by atoms with Gasteiger partial charge in [-0.1, -0.05) is 164 Å². The number of anilines is 3. The van der Waals surface area contributed by atoms with Gasteiger partial charge in [-0.25, -0.2) is 0 Å². The summed E-state index contributed by atoms with van der Waals surface area (Å²) in [5, 5.41) is 3.56. The number of hydrogen-bond donors (Lipinski definition) is 0. The maximum Gasteiger partial charge on any atom is 0.143 e. The third-order valence-electron chi connectivity index (χ3n) is 9.52. The molecule has 2 heteroatoms. The summed E-state index contributed by atoms with van der Waals surface area (Å²) in [6, 6.07) is 32.5. The second-order valence-corrected chi connectivity index (χ2v) is 12.7. The lowest BCUT2D eigenvalue weighted by Crippen LogP contribution is -2.11. The summed E-state index contributed by atoms with van der Waals surface area (Å²) in [5.74, 6) is 0. The highest BCUT2D eigenvalue weighted by Crippen LogP contribution is 2.43. The van der Waals surface area contributed by atoms with Gasteiger partial charge in [-0.15, -0.1) is 0 Å². The lowest BCUT2D eigenvalue weighted by molar-refractivity contribution is 0.672. The molecule has 0 spiro atoms. The molecule has 1 aromatic heterocycles. The highest BCUT2D eigenvalue weighted by Gasteiger charge is 2.19. The largest absolute Gasteiger partial charge is 0.455 e. The molecule has 0 radical (unpaired) electrons. The Morgan fingerprint density at radius 3 is 1.70 bits per heavy atom. The maximum atomic E-state index is 9.63. The number of benzene rings is 9. The zero-order valence-corrected chi connectivity index (χ0v) is 28.6. The van der Waals surface area contributed by atoms with Crippen molar-refractivity contribution in [3.8, 4) is 44.5 Å². The summed E-state index contributed by atoms with van der Waals surface area (Å²) in [6.07, 6.45) is 0. The van der Waals surface area contributed by atoms with E-state index in [0.717, 1.165) is 32.7 Å². The second-order valence-electron chi connectivity index (χ2n) is 12.7. The van der Waals surface area contributed by atoms with E-state index in [1.54, 1.807) is 36.4 Å². The van der Waals surface area contributed by atoms with Crippen LogP contribution in [0.4, 0.5) is 17.1 Å². The van der Waals surface area contributed by atoms with Gasteiger partial charge in [0.15, 0.2) is 0 Å². The fourth-order valence-corrected chi connectivity index (χ4v) is 6.88. The molecule has 2 nitrogen and oxygen atoms in total. The highest BCUT2D eigenvalue weighted by molar-refractivity contribution is 6.15. The second kappa shape index (κ2) is 13.4. The van der Waals surface area contributed by atoms with Crippen LogP contribution < -0.4 is 4.90 Å². The van der Waals surface area contributed by atoms with Crippen LogP contribution in [-0.4, -0.2) is 0 Å². The first-order valence-corrected chi connectivity index (χ1v) is 17.4. The van der Waals surface area contributed by atoms with E-state index in [4.69, 9.17) is 11.3 Å². The molecule has 54 heavy (non-hydrogen) atoms. The van der Waals surface area contributed by atoms with Gasteiger partial charge in [0.2, 0.25) is 0 Å². The molecule has 0 aliphatic rings. The molecule has 254 valence electrons. The van der Waals surface area contributed by atoms with Crippen LogP contribution in [0, 0.1) is 0 Å².